The molecule has 158 valence electrons. The molecule has 1 aliphatic rings. The number of nitrogens with one attached hydrogen (secondary N) is 2. The summed E-state index contributed by atoms with van der Waals surface area (Å²) < 4.78 is 5.47. The van der Waals surface area contributed by atoms with E-state index in [1.807, 2.05) is 49.4 Å². The Balaban J connectivity index is 1.41. The maximum absolute atomic E-state index is 12.5. The minimum absolute atomic E-state index is 0.0848. The van der Waals surface area contributed by atoms with E-state index in [4.69, 9.17) is 4.42 Å². The molecule has 0 radical (unpaired) electrons. The first-order chi connectivity index (χ1) is 15.0. The van der Waals surface area contributed by atoms with Crippen LogP contribution < -0.4 is 10.6 Å². The van der Waals surface area contributed by atoms with Gasteiger partial charge < -0.3 is 9.73 Å². The van der Waals surface area contributed by atoms with Crippen molar-refractivity contribution in [2.75, 3.05) is 5.32 Å². The molecule has 2 aromatic carbocycles. The van der Waals surface area contributed by atoms with E-state index in [1.165, 1.54) is 6.26 Å². The quantitative estimate of drug-likeness (QED) is 0.597. The molecule has 1 aromatic heterocycles. The molecule has 4 rings (SSSR count). The van der Waals surface area contributed by atoms with Gasteiger partial charge in [0, 0.05) is 17.7 Å². The summed E-state index contributed by atoms with van der Waals surface area (Å²) in [6.45, 7) is 1.94. The molecule has 1 fully saturated rings. The summed E-state index contributed by atoms with van der Waals surface area (Å²) >= 11 is 0. The highest BCUT2D eigenvalue weighted by Crippen LogP contribution is 2.36. The van der Waals surface area contributed by atoms with Crippen molar-refractivity contribution in [3.05, 3.63) is 72.1 Å². The standard InChI is InChI=1S/C24H23N3O4/c1-2-24(13-12-20(28)27-23(24)30)17-8-10-18(11-9-17)25-21(29)14-19-15-31-22(26-19)16-6-4-3-5-7-16/h3-11,15H,2,12-14H2,1H3,(H,25,29)(H,27,28,30). The van der Waals surface area contributed by atoms with Crippen LogP contribution in [0.15, 0.2) is 65.3 Å². The van der Waals surface area contributed by atoms with Gasteiger partial charge in [0.25, 0.3) is 0 Å². The van der Waals surface area contributed by atoms with E-state index in [0.717, 1.165) is 11.1 Å². The van der Waals surface area contributed by atoms with Crippen molar-refractivity contribution in [2.45, 2.75) is 38.0 Å². The summed E-state index contributed by atoms with van der Waals surface area (Å²) in [7, 11) is 0. The number of nitrogens with zero attached hydrogens (tertiary/aromatic N) is 1. The fourth-order valence-electron chi connectivity index (χ4n) is 3.91. The monoisotopic (exact) mass is 417 g/mol. The molecule has 0 spiro atoms. The van der Waals surface area contributed by atoms with Gasteiger partial charge in [-0.3, -0.25) is 19.7 Å². The maximum atomic E-state index is 12.5. The van der Waals surface area contributed by atoms with Gasteiger partial charge in [0.05, 0.1) is 17.5 Å². The molecule has 3 aromatic rings. The van der Waals surface area contributed by atoms with Gasteiger partial charge in [0.1, 0.15) is 6.26 Å². The van der Waals surface area contributed by atoms with Gasteiger partial charge in [0.2, 0.25) is 23.6 Å². The molecule has 7 nitrogen and oxygen atoms in total. The van der Waals surface area contributed by atoms with Gasteiger partial charge in [-0.2, -0.15) is 0 Å². The number of hydrogen-bond acceptors (Lipinski definition) is 5. The Hall–Kier alpha value is -3.74. The highest BCUT2D eigenvalue weighted by Gasteiger charge is 2.42. The lowest BCUT2D eigenvalue weighted by Crippen LogP contribution is -2.51. The van der Waals surface area contributed by atoms with Crippen LogP contribution in [0.3, 0.4) is 0 Å². The SMILES string of the molecule is CCC1(c2ccc(NC(=O)Cc3coc(-c4ccccc4)n3)cc2)CCC(=O)NC1=O. The first-order valence-corrected chi connectivity index (χ1v) is 10.2. The van der Waals surface area contributed by atoms with Gasteiger partial charge in [-0.05, 0) is 42.7 Å². The minimum Gasteiger partial charge on any atom is -0.444 e. The number of aromatic nitrogens is 1. The van der Waals surface area contributed by atoms with E-state index in [0.29, 0.717) is 36.5 Å². The molecule has 1 saturated heterocycles. The molecule has 3 amide bonds. The van der Waals surface area contributed by atoms with Gasteiger partial charge >= 0.3 is 0 Å². The van der Waals surface area contributed by atoms with E-state index in [2.05, 4.69) is 15.6 Å². The Morgan fingerprint density at radius 2 is 1.87 bits per heavy atom. The number of carbonyl (C=O) groups excluding carboxylic acids is 3. The Bertz CT molecular complexity index is 1110. The van der Waals surface area contributed by atoms with Crippen molar-refractivity contribution in [1.29, 1.82) is 0 Å². The molecule has 1 atom stereocenters. The van der Waals surface area contributed by atoms with Crippen LogP contribution in [0.2, 0.25) is 0 Å². The van der Waals surface area contributed by atoms with Crippen molar-refractivity contribution in [1.82, 2.24) is 10.3 Å². The predicted molar refractivity (Wildman–Crippen MR) is 115 cm³/mol. The zero-order chi connectivity index (χ0) is 21.8. The van der Waals surface area contributed by atoms with Crippen molar-refractivity contribution in [3.8, 4) is 11.5 Å². The molecular formula is C24H23N3O4. The Morgan fingerprint density at radius 1 is 1.13 bits per heavy atom. The molecular weight excluding hydrogens is 394 g/mol. The van der Waals surface area contributed by atoms with E-state index >= 15 is 0 Å². The van der Waals surface area contributed by atoms with Crippen LogP contribution in [0.4, 0.5) is 5.69 Å². The number of rotatable bonds is 6. The van der Waals surface area contributed by atoms with E-state index in [1.54, 1.807) is 12.1 Å². The first kappa shape index (κ1) is 20.5. The van der Waals surface area contributed by atoms with Crippen LogP contribution in [0.5, 0.6) is 0 Å². The summed E-state index contributed by atoms with van der Waals surface area (Å²) in [6.07, 6.45) is 2.96. The van der Waals surface area contributed by atoms with Crippen LogP contribution in [-0.4, -0.2) is 22.7 Å². The van der Waals surface area contributed by atoms with Crippen LogP contribution in [0, 0.1) is 0 Å². The molecule has 1 unspecified atom stereocenters. The van der Waals surface area contributed by atoms with Crippen LogP contribution in [-0.2, 0) is 26.2 Å². The second kappa shape index (κ2) is 8.55. The van der Waals surface area contributed by atoms with Crippen LogP contribution >= 0.6 is 0 Å². The lowest BCUT2D eigenvalue weighted by atomic mass is 9.72. The number of benzene rings is 2. The Labute approximate surface area is 179 Å². The summed E-state index contributed by atoms with van der Waals surface area (Å²) in [5.74, 6) is -0.238. The van der Waals surface area contributed by atoms with Crippen molar-refractivity contribution >= 4 is 23.4 Å². The normalized spacial score (nSPS) is 18.5. The lowest BCUT2D eigenvalue weighted by molar-refractivity contribution is -0.138. The van der Waals surface area contributed by atoms with E-state index in [9.17, 15) is 14.4 Å². The Kier molecular flexibility index (Phi) is 5.66. The Morgan fingerprint density at radius 3 is 2.55 bits per heavy atom. The van der Waals surface area contributed by atoms with Gasteiger partial charge in [0.15, 0.2) is 0 Å². The number of carbonyl (C=O) groups is 3. The number of piperidine rings is 1. The fourth-order valence-corrected chi connectivity index (χ4v) is 3.91. The molecule has 1 aliphatic heterocycles. The molecule has 0 bridgehead atoms. The number of oxazole rings is 1. The van der Waals surface area contributed by atoms with Crippen LogP contribution in [0.25, 0.3) is 11.5 Å². The average molecular weight is 417 g/mol. The molecule has 2 heterocycles. The number of hydrogen-bond donors (Lipinski definition) is 2. The van der Waals surface area contributed by atoms with E-state index < -0.39 is 5.41 Å². The molecule has 0 saturated carbocycles. The summed E-state index contributed by atoms with van der Waals surface area (Å²) in [4.78, 5) is 40.8. The highest BCUT2D eigenvalue weighted by molar-refractivity contribution is 6.03. The summed E-state index contributed by atoms with van der Waals surface area (Å²) in [5.41, 5.74) is 2.14. The number of anilines is 1. The third-order valence-corrected chi connectivity index (χ3v) is 5.71. The van der Waals surface area contributed by atoms with Gasteiger partial charge in [-0.25, -0.2) is 4.98 Å². The number of amides is 3. The maximum Gasteiger partial charge on any atom is 0.237 e. The van der Waals surface area contributed by atoms with Gasteiger partial charge in [-0.15, -0.1) is 0 Å². The van der Waals surface area contributed by atoms with Crippen LogP contribution in [0.1, 0.15) is 37.4 Å². The smallest absolute Gasteiger partial charge is 0.237 e. The highest BCUT2D eigenvalue weighted by atomic mass is 16.3. The fraction of sp³-hybridized carbons (Fsp3) is 0.250. The lowest BCUT2D eigenvalue weighted by Gasteiger charge is -2.35. The second-order valence-corrected chi connectivity index (χ2v) is 7.63. The van der Waals surface area contributed by atoms with Crippen molar-refractivity contribution in [2.24, 2.45) is 0 Å². The van der Waals surface area contributed by atoms with Crippen molar-refractivity contribution < 1.29 is 18.8 Å². The van der Waals surface area contributed by atoms with Crippen molar-refractivity contribution in [3.63, 3.8) is 0 Å². The third-order valence-electron chi connectivity index (χ3n) is 5.71. The zero-order valence-electron chi connectivity index (χ0n) is 17.2. The van der Waals surface area contributed by atoms with E-state index in [-0.39, 0.29) is 24.1 Å². The summed E-state index contributed by atoms with van der Waals surface area (Å²) in [6, 6.07) is 16.7. The number of imide groups is 1. The largest absolute Gasteiger partial charge is 0.444 e. The van der Waals surface area contributed by atoms with Gasteiger partial charge in [-0.1, -0.05) is 37.3 Å². The summed E-state index contributed by atoms with van der Waals surface area (Å²) in [5, 5.41) is 5.29. The molecule has 7 heteroatoms. The molecule has 2 N–H and O–H groups in total. The average Bonchev–Trinajstić information content (AvgIpc) is 3.24. The third kappa shape index (κ3) is 4.26. The predicted octanol–water partition coefficient (Wildman–Crippen LogP) is 3.61. The second-order valence-electron chi connectivity index (χ2n) is 7.63. The minimum atomic E-state index is -0.717. The molecule has 31 heavy (non-hydrogen) atoms. The molecule has 0 aliphatic carbocycles. The first-order valence-electron chi connectivity index (χ1n) is 10.2. The zero-order valence-corrected chi connectivity index (χ0v) is 17.2. The topological polar surface area (TPSA) is 101 Å².